The van der Waals surface area contributed by atoms with Gasteiger partial charge in [0.25, 0.3) is 5.91 Å². The Morgan fingerprint density at radius 3 is 2.78 bits per heavy atom. The molecule has 1 amide bonds. The number of nitrogens with one attached hydrogen (secondary N) is 1. The maximum atomic E-state index is 12.1. The number of carbonyl (C=O) groups is 1. The van der Waals surface area contributed by atoms with E-state index < -0.39 is 0 Å². The van der Waals surface area contributed by atoms with E-state index in [1.54, 1.807) is 19.2 Å². The second kappa shape index (κ2) is 4.77. The van der Waals surface area contributed by atoms with Gasteiger partial charge in [-0.25, -0.2) is 4.98 Å². The van der Waals surface area contributed by atoms with Crippen LogP contribution in [0.2, 0.25) is 0 Å². The lowest BCUT2D eigenvalue weighted by Crippen LogP contribution is -2.18. The molecule has 0 aliphatic heterocycles. The zero-order chi connectivity index (χ0) is 13.3. The minimum Gasteiger partial charge on any atom is -0.396 e. The van der Waals surface area contributed by atoms with Gasteiger partial charge in [0, 0.05) is 7.05 Å². The summed E-state index contributed by atoms with van der Waals surface area (Å²) in [5.41, 5.74) is 7.73. The molecule has 0 spiro atoms. The van der Waals surface area contributed by atoms with Gasteiger partial charge in [-0.2, -0.15) is 5.10 Å². The van der Waals surface area contributed by atoms with E-state index in [9.17, 15) is 4.79 Å². The molecule has 0 fully saturated rings. The van der Waals surface area contributed by atoms with Crippen molar-refractivity contribution in [2.24, 2.45) is 7.05 Å². The van der Waals surface area contributed by atoms with Crippen molar-refractivity contribution in [1.82, 2.24) is 14.8 Å². The van der Waals surface area contributed by atoms with Crippen molar-refractivity contribution in [3.8, 4) is 0 Å². The number of nitrogens with zero attached hydrogens (tertiary/aromatic N) is 3. The summed E-state index contributed by atoms with van der Waals surface area (Å²) in [6.45, 7) is 1.81. The molecule has 0 unspecified atom stereocenters. The summed E-state index contributed by atoms with van der Waals surface area (Å²) in [4.78, 5) is 16.3. The number of rotatable bonds is 2. The molecule has 7 heteroatoms. The highest BCUT2D eigenvalue weighted by Crippen LogP contribution is 2.18. The number of aryl methyl sites for hydroxylation is 2. The maximum Gasteiger partial charge on any atom is 0.276 e. The van der Waals surface area contributed by atoms with Crippen molar-refractivity contribution in [3.63, 3.8) is 0 Å². The molecule has 2 rings (SSSR count). The fraction of sp³-hybridized carbons (Fsp3) is 0.182. The summed E-state index contributed by atoms with van der Waals surface area (Å²) in [5.74, 6) is -0.306. The minimum absolute atomic E-state index is 0.306. The smallest absolute Gasteiger partial charge is 0.276 e. The Labute approximate surface area is 112 Å². The molecular weight excluding hydrogens is 298 g/mol. The molecule has 3 N–H and O–H groups in total. The molecule has 2 aromatic rings. The van der Waals surface area contributed by atoms with Crippen molar-refractivity contribution >= 4 is 33.2 Å². The topological polar surface area (TPSA) is 85.8 Å². The Morgan fingerprint density at radius 2 is 2.22 bits per heavy atom. The van der Waals surface area contributed by atoms with Crippen LogP contribution in [-0.4, -0.2) is 20.7 Å². The molecular formula is C11H12BrN5O. The molecule has 0 aliphatic rings. The number of amides is 1. The van der Waals surface area contributed by atoms with Gasteiger partial charge in [-0.05, 0) is 35.0 Å². The normalized spacial score (nSPS) is 10.4. The number of halogens is 1. The van der Waals surface area contributed by atoms with Crippen LogP contribution in [0.4, 0.5) is 11.4 Å². The van der Waals surface area contributed by atoms with E-state index in [2.05, 4.69) is 31.3 Å². The van der Waals surface area contributed by atoms with Gasteiger partial charge in [0.1, 0.15) is 10.3 Å². The second-order valence-corrected chi connectivity index (χ2v) is 4.61. The molecule has 6 nitrogen and oxygen atoms in total. The number of carbonyl (C=O) groups excluding carboxylic acids is 1. The summed E-state index contributed by atoms with van der Waals surface area (Å²) < 4.78 is 2.16. The predicted molar refractivity (Wildman–Crippen MR) is 72.2 cm³/mol. The van der Waals surface area contributed by atoms with Crippen LogP contribution in [0.25, 0.3) is 0 Å². The summed E-state index contributed by atoms with van der Waals surface area (Å²) in [7, 11) is 1.66. The van der Waals surface area contributed by atoms with Gasteiger partial charge in [0.05, 0.1) is 23.3 Å². The third kappa shape index (κ3) is 2.35. The Morgan fingerprint density at radius 1 is 1.50 bits per heavy atom. The number of hydrogen-bond donors (Lipinski definition) is 2. The van der Waals surface area contributed by atoms with Crippen LogP contribution in [-0.2, 0) is 7.05 Å². The van der Waals surface area contributed by atoms with E-state index in [4.69, 9.17) is 5.73 Å². The molecule has 0 saturated carbocycles. The van der Waals surface area contributed by atoms with Crippen molar-refractivity contribution in [2.45, 2.75) is 6.92 Å². The lowest BCUT2D eigenvalue weighted by atomic mass is 10.3. The average molecular weight is 310 g/mol. The van der Waals surface area contributed by atoms with Gasteiger partial charge in [-0.1, -0.05) is 0 Å². The van der Waals surface area contributed by atoms with Crippen LogP contribution in [0.1, 0.15) is 16.2 Å². The molecule has 0 aromatic carbocycles. The Kier molecular flexibility index (Phi) is 3.33. The fourth-order valence-electron chi connectivity index (χ4n) is 1.58. The van der Waals surface area contributed by atoms with Crippen LogP contribution in [0.5, 0.6) is 0 Å². The molecule has 94 valence electrons. The lowest BCUT2D eigenvalue weighted by Gasteiger charge is -2.08. The predicted octanol–water partition coefficient (Wildman–Crippen LogP) is 1.72. The highest BCUT2D eigenvalue weighted by molar-refractivity contribution is 9.10. The number of hydrogen-bond acceptors (Lipinski definition) is 4. The first-order valence-corrected chi connectivity index (χ1v) is 6.00. The summed E-state index contributed by atoms with van der Waals surface area (Å²) in [5, 5.41) is 6.68. The van der Waals surface area contributed by atoms with Crippen LogP contribution in [0.15, 0.2) is 22.9 Å². The zero-order valence-corrected chi connectivity index (χ0v) is 11.5. The largest absolute Gasteiger partial charge is 0.396 e. The van der Waals surface area contributed by atoms with Gasteiger partial charge in [-0.15, -0.1) is 0 Å². The van der Waals surface area contributed by atoms with Crippen molar-refractivity contribution < 1.29 is 4.79 Å². The third-order valence-corrected chi connectivity index (χ3v) is 2.92. The van der Waals surface area contributed by atoms with Crippen LogP contribution in [0.3, 0.4) is 0 Å². The van der Waals surface area contributed by atoms with E-state index in [0.29, 0.717) is 17.1 Å². The van der Waals surface area contributed by atoms with Gasteiger partial charge >= 0.3 is 0 Å². The fourth-order valence-corrected chi connectivity index (χ4v) is 1.97. The van der Waals surface area contributed by atoms with Gasteiger partial charge in [0.2, 0.25) is 0 Å². The average Bonchev–Trinajstić information content (AvgIpc) is 2.62. The Bertz CT molecular complexity index is 588. The Balaban J connectivity index is 2.27. The minimum atomic E-state index is -0.306. The summed E-state index contributed by atoms with van der Waals surface area (Å²) >= 11 is 3.27. The Hall–Kier alpha value is -1.89. The van der Waals surface area contributed by atoms with Crippen LogP contribution < -0.4 is 11.1 Å². The first kappa shape index (κ1) is 12.6. The molecule has 2 heterocycles. The van der Waals surface area contributed by atoms with Gasteiger partial charge < -0.3 is 11.1 Å². The summed E-state index contributed by atoms with van der Waals surface area (Å²) in [6, 6.07) is 3.53. The quantitative estimate of drug-likeness (QED) is 0.827. The lowest BCUT2D eigenvalue weighted by molar-refractivity contribution is 0.101. The van der Waals surface area contributed by atoms with E-state index in [1.165, 1.54) is 10.9 Å². The first-order chi connectivity index (χ1) is 8.49. The maximum absolute atomic E-state index is 12.1. The van der Waals surface area contributed by atoms with Crippen LogP contribution in [0, 0.1) is 6.92 Å². The van der Waals surface area contributed by atoms with E-state index in [1.807, 2.05) is 6.92 Å². The van der Waals surface area contributed by atoms with Crippen LogP contribution >= 0.6 is 15.9 Å². The standard InChI is InChI=1S/C11H12BrN5O/c1-6-8(3-4-9(12)15-6)16-11(18)10-7(13)5-14-17(10)2/h3-5H,13H2,1-2H3,(H,16,18). The van der Waals surface area contributed by atoms with Crippen molar-refractivity contribution in [2.75, 3.05) is 11.1 Å². The molecule has 0 atom stereocenters. The van der Waals surface area contributed by atoms with Gasteiger partial charge in [0.15, 0.2) is 0 Å². The number of aromatic nitrogens is 3. The van der Waals surface area contributed by atoms with E-state index in [-0.39, 0.29) is 5.91 Å². The molecule has 0 bridgehead atoms. The van der Waals surface area contributed by atoms with Crippen molar-refractivity contribution in [3.05, 3.63) is 34.3 Å². The number of nitrogens with two attached hydrogens (primary N) is 1. The first-order valence-electron chi connectivity index (χ1n) is 5.21. The molecule has 0 saturated heterocycles. The second-order valence-electron chi connectivity index (χ2n) is 3.79. The highest BCUT2D eigenvalue weighted by atomic mass is 79.9. The highest BCUT2D eigenvalue weighted by Gasteiger charge is 2.16. The van der Waals surface area contributed by atoms with E-state index in [0.717, 1.165) is 10.3 Å². The van der Waals surface area contributed by atoms with Gasteiger partial charge in [-0.3, -0.25) is 9.48 Å². The van der Waals surface area contributed by atoms with Crippen molar-refractivity contribution in [1.29, 1.82) is 0 Å². The zero-order valence-electron chi connectivity index (χ0n) is 9.94. The number of anilines is 2. The number of pyridine rings is 1. The van der Waals surface area contributed by atoms with E-state index >= 15 is 0 Å². The molecule has 0 aliphatic carbocycles. The molecule has 18 heavy (non-hydrogen) atoms. The number of nitrogen functional groups attached to an aromatic ring is 1. The third-order valence-electron chi connectivity index (χ3n) is 2.48. The molecule has 0 radical (unpaired) electrons. The SMILES string of the molecule is Cc1nc(Br)ccc1NC(=O)c1c(N)cnn1C. The molecule has 2 aromatic heterocycles. The monoisotopic (exact) mass is 309 g/mol. The summed E-state index contributed by atoms with van der Waals surface area (Å²) in [6.07, 6.45) is 1.45.